The number of nitrogens with zero attached hydrogens (tertiary/aromatic N) is 1. The van der Waals surface area contributed by atoms with Crippen LogP contribution in [0.1, 0.15) is 35.8 Å². The second kappa shape index (κ2) is 5.48. The summed E-state index contributed by atoms with van der Waals surface area (Å²) in [6.07, 6.45) is 2.19. The topological polar surface area (TPSA) is 51.1 Å². The monoisotopic (exact) mass is 248 g/mol. The van der Waals surface area contributed by atoms with E-state index in [1.807, 2.05) is 13.0 Å². The molecule has 1 aliphatic rings. The maximum atomic E-state index is 12.2. The van der Waals surface area contributed by atoms with Gasteiger partial charge in [0.2, 0.25) is 0 Å². The third-order valence-electron chi connectivity index (χ3n) is 3.67. The molecule has 0 aromatic carbocycles. The van der Waals surface area contributed by atoms with Crippen molar-refractivity contribution in [2.24, 2.45) is 5.92 Å². The highest BCUT2D eigenvalue weighted by Crippen LogP contribution is 2.14. The molecule has 1 saturated heterocycles. The number of pyridine rings is 1. The minimum absolute atomic E-state index is 0.138. The zero-order valence-corrected chi connectivity index (χ0v) is 11.0. The summed E-state index contributed by atoms with van der Waals surface area (Å²) in [4.78, 5) is 23.6. The first-order chi connectivity index (χ1) is 8.59. The normalized spacial score (nSPS) is 16.8. The van der Waals surface area contributed by atoms with Crippen molar-refractivity contribution in [3.63, 3.8) is 0 Å². The van der Waals surface area contributed by atoms with Crippen LogP contribution in [-0.4, -0.2) is 23.4 Å². The van der Waals surface area contributed by atoms with Crippen molar-refractivity contribution in [3.8, 4) is 0 Å². The fraction of sp³-hybridized carbons (Fsp3) is 0.571. The van der Waals surface area contributed by atoms with Gasteiger partial charge in [0, 0.05) is 12.2 Å². The molecule has 1 aliphatic heterocycles. The summed E-state index contributed by atoms with van der Waals surface area (Å²) in [5, 5.41) is 3.32. The summed E-state index contributed by atoms with van der Waals surface area (Å²) in [5.41, 5.74) is 1.10. The van der Waals surface area contributed by atoms with E-state index in [2.05, 4.69) is 5.32 Å². The smallest absolute Gasteiger partial charge is 0.261 e. The average Bonchev–Trinajstić information content (AvgIpc) is 2.35. The Balaban J connectivity index is 2.28. The summed E-state index contributed by atoms with van der Waals surface area (Å²) >= 11 is 0. The van der Waals surface area contributed by atoms with Crippen LogP contribution < -0.4 is 10.9 Å². The van der Waals surface area contributed by atoms with Crippen molar-refractivity contribution in [2.45, 2.75) is 33.2 Å². The Morgan fingerprint density at radius 2 is 2.06 bits per heavy atom. The molecule has 0 radical (unpaired) electrons. The van der Waals surface area contributed by atoms with Gasteiger partial charge in [0.25, 0.3) is 5.56 Å². The third-order valence-corrected chi connectivity index (χ3v) is 3.67. The van der Waals surface area contributed by atoms with Crippen molar-refractivity contribution >= 4 is 5.78 Å². The molecule has 0 saturated carbocycles. The molecule has 1 aromatic rings. The number of hydrogen-bond acceptors (Lipinski definition) is 3. The summed E-state index contributed by atoms with van der Waals surface area (Å²) in [5.74, 6) is 0.379. The molecule has 0 amide bonds. The van der Waals surface area contributed by atoms with Gasteiger partial charge >= 0.3 is 0 Å². The molecule has 18 heavy (non-hydrogen) atoms. The standard InChI is InChI=1S/C14H20N2O2/c1-10-3-4-13(11(2)17)14(18)16(10)9-12-5-7-15-8-6-12/h3-4,12,15H,5-9H2,1-2H3. The lowest BCUT2D eigenvalue weighted by Crippen LogP contribution is -2.34. The number of nitrogens with one attached hydrogen (secondary N) is 1. The lowest BCUT2D eigenvalue weighted by Gasteiger charge is -2.24. The van der Waals surface area contributed by atoms with Crippen LogP contribution in [0.15, 0.2) is 16.9 Å². The Bertz CT molecular complexity index is 499. The summed E-state index contributed by atoms with van der Waals surface area (Å²) in [7, 11) is 0. The van der Waals surface area contributed by atoms with E-state index in [1.165, 1.54) is 6.92 Å². The van der Waals surface area contributed by atoms with Crippen LogP contribution in [0.5, 0.6) is 0 Å². The fourth-order valence-electron chi connectivity index (χ4n) is 2.49. The van der Waals surface area contributed by atoms with Gasteiger partial charge in [0.15, 0.2) is 5.78 Å². The number of carbonyl (C=O) groups is 1. The van der Waals surface area contributed by atoms with E-state index in [-0.39, 0.29) is 11.3 Å². The Kier molecular flexibility index (Phi) is 3.97. The van der Waals surface area contributed by atoms with E-state index < -0.39 is 0 Å². The van der Waals surface area contributed by atoms with E-state index in [0.717, 1.165) is 38.2 Å². The minimum Gasteiger partial charge on any atom is -0.317 e. The maximum absolute atomic E-state index is 12.2. The number of aryl methyl sites for hydroxylation is 1. The van der Waals surface area contributed by atoms with Gasteiger partial charge in [-0.2, -0.15) is 0 Å². The molecule has 98 valence electrons. The van der Waals surface area contributed by atoms with Crippen molar-refractivity contribution in [1.82, 2.24) is 9.88 Å². The molecular weight excluding hydrogens is 228 g/mol. The molecule has 4 nitrogen and oxygen atoms in total. The van der Waals surface area contributed by atoms with Gasteiger partial charge in [-0.3, -0.25) is 9.59 Å². The summed E-state index contributed by atoms with van der Waals surface area (Å²) in [6.45, 7) is 6.14. The molecule has 1 fully saturated rings. The molecule has 4 heteroatoms. The molecule has 2 heterocycles. The molecule has 0 bridgehead atoms. The highest BCUT2D eigenvalue weighted by atomic mass is 16.1. The van der Waals surface area contributed by atoms with Crippen LogP contribution in [-0.2, 0) is 6.54 Å². The average molecular weight is 248 g/mol. The minimum atomic E-state index is -0.154. The van der Waals surface area contributed by atoms with Crippen LogP contribution in [0.4, 0.5) is 0 Å². The Morgan fingerprint density at radius 3 is 2.67 bits per heavy atom. The number of carbonyl (C=O) groups excluding carboxylic acids is 1. The van der Waals surface area contributed by atoms with Gasteiger partial charge in [0.05, 0.1) is 5.56 Å². The second-order valence-electron chi connectivity index (χ2n) is 5.05. The van der Waals surface area contributed by atoms with Crippen molar-refractivity contribution in [3.05, 3.63) is 33.7 Å². The van der Waals surface area contributed by atoms with Crippen LogP contribution >= 0.6 is 0 Å². The van der Waals surface area contributed by atoms with Gasteiger partial charge in [-0.25, -0.2) is 0 Å². The summed E-state index contributed by atoms with van der Waals surface area (Å²) < 4.78 is 1.76. The Labute approximate surface area is 107 Å². The number of ketones is 1. The first kappa shape index (κ1) is 13.0. The molecule has 2 rings (SSSR count). The lowest BCUT2D eigenvalue weighted by atomic mass is 9.98. The number of piperidine rings is 1. The molecule has 0 unspecified atom stereocenters. The van der Waals surface area contributed by atoms with E-state index in [1.54, 1.807) is 10.6 Å². The number of hydrogen-bond donors (Lipinski definition) is 1. The van der Waals surface area contributed by atoms with Gasteiger partial charge in [0.1, 0.15) is 0 Å². The van der Waals surface area contributed by atoms with Crippen LogP contribution in [0.2, 0.25) is 0 Å². The van der Waals surface area contributed by atoms with Crippen LogP contribution in [0.3, 0.4) is 0 Å². The zero-order valence-electron chi connectivity index (χ0n) is 11.0. The van der Waals surface area contributed by atoms with Crippen molar-refractivity contribution < 1.29 is 4.79 Å². The predicted molar refractivity (Wildman–Crippen MR) is 71.0 cm³/mol. The molecular formula is C14H20N2O2. The third kappa shape index (κ3) is 2.70. The quantitative estimate of drug-likeness (QED) is 0.822. The van der Waals surface area contributed by atoms with Crippen molar-refractivity contribution in [1.29, 1.82) is 0 Å². The van der Waals surface area contributed by atoms with Crippen molar-refractivity contribution in [2.75, 3.05) is 13.1 Å². The van der Waals surface area contributed by atoms with Gasteiger partial charge < -0.3 is 9.88 Å². The SMILES string of the molecule is CC(=O)c1ccc(C)n(CC2CCNCC2)c1=O. The van der Waals surface area contributed by atoms with Gasteiger partial charge in [-0.15, -0.1) is 0 Å². The number of rotatable bonds is 3. The van der Waals surface area contributed by atoms with E-state index in [0.29, 0.717) is 11.5 Å². The van der Waals surface area contributed by atoms with E-state index in [4.69, 9.17) is 0 Å². The molecule has 0 atom stereocenters. The second-order valence-corrected chi connectivity index (χ2v) is 5.05. The molecule has 0 aliphatic carbocycles. The fourth-order valence-corrected chi connectivity index (χ4v) is 2.49. The van der Waals surface area contributed by atoms with Crippen LogP contribution in [0.25, 0.3) is 0 Å². The van der Waals surface area contributed by atoms with E-state index >= 15 is 0 Å². The highest BCUT2D eigenvalue weighted by Gasteiger charge is 2.17. The van der Waals surface area contributed by atoms with Gasteiger partial charge in [-0.1, -0.05) is 0 Å². The maximum Gasteiger partial charge on any atom is 0.261 e. The molecule has 1 N–H and O–H groups in total. The largest absolute Gasteiger partial charge is 0.317 e. The number of aromatic nitrogens is 1. The summed E-state index contributed by atoms with van der Waals surface area (Å²) in [6, 6.07) is 3.50. The zero-order chi connectivity index (χ0) is 13.1. The molecule has 1 aromatic heterocycles. The first-order valence-electron chi connectivity index (χ1n) is 6.51. The predicted octanol–water partition coefficient (Wildman–Crippen LogP) is 1.36. The Hall–Kier alpha value is -1.42. The molecule has 0 spiro atoms. The van der Waals surface area contributed by atoms with Gasteiger partial charge in [-0.05, 0) is 57.8 Å². The lowest BCUT2D eigenvalue weighted by molar-refractivity contribution is 0.101. The highest BCUT2D eigenvalue weighted by molar-refractivity contribution is 5.93. The Morgan fingerprint density at radius 1 is 1.39 bits per heavy atom. The van der Waals surface area contributed by atoms with Crippen LogP contribution in [0, 0.1) is 12.8 Å². The number of Topliss-reactive ketones (excluding diaryl/α,β-unsaturated/α-hetero) is 1. The first-order valence-corrected chi connectivity index (χ1v) is 6.51. The van der Waals surface area contributed by atoms with E-state index in [9.17, 15) is 9.59 Å².